The summed E-state index contributed by atoms with van der Waals surface area (Å²) in [6, 6.07) is 9.74. The van der Waals surface area contributed by atoms with Crippen LogP contribution in [-0.2, 0) is 9.59 Å². The SMILES string of the molecule is C[C@H](C(=O)Nc1cc(Cl)ccc1Cl)[NH+](C)CC(=O)Nc1ccc(F)cc1. The predicted octanol–water partition coefficient (Wildman–Crippen LogP) is 2.61. The quantitative estimate of drug-likeness (QED) is 0.700. The van der Waals surface area contributed by atoms with Crippen molar-refractivity contribution in [2.45, 2.75) is 13.0 Å². The topological polar surface area (TPSA) is 62.6 Å². The fourth-order valence-electron chi connectivity index (χ4n) is 2.20. The van der Waals surface area contributed by atoms with E-state index in [2.05, 4.69) is 10.6 Å². The summed E-state index contributed by atoms with van der Waals surface area (Å²) in [6.45, 7) is 1.77. The highest BCUT2D eigenvalue weighted by Gasteiger charge is 2.24. The molecular formula is C18H19Cl2FN3O2+. The van der Waals surface area contributed by atoms with Crippen molar-refractivity contribution in [3.63, 3.8) is 0 Å². The predicted molar refractivity (Wildman–Crippen MR) is 101 cm³/mol. The molecule has 3 N–H and O–H groups in total. The summed E-state index contributed by atoms with van der Waals surface area (Å²) >= 11 is 11.9. The second kappa shape index (κ2) is 8.98. The Labute approximate surface area is 161 Å². The zero-order valence-corrected chi connectivity index (χ0v) is 15.8. The van der Waals surface area contributed by atoms with Gasteiger partial charge in [0.1, 0.15) is 5.82 Å². The van der Waals surface area contributed by atoms with Gasteiger partial charge < -0.3 is 15.5 Å². The Hall–Kier alpha value is -2.15. The van der Waals surface area contributed by atoms with Crippen LogP contribution < -0.4 is 15.5 Å². The molecule has 0 bridgehead atoms. The second-order valence-corrected chi connectivity index (χ2v) is 6.76. The van der Waals surface area contributed by atoms with E-state index in [1.54, 1.807) is 32.2 Å². The molecule has 26 heavy (non-hydrogen) atoms. The fourth-order valence-corrected chi connectivity index (χ4v) is 2.54. The first-order valence-electron chi connectivity index (χ1n) is 7.90. The van der Waals surface area contributed by atoms with E-state index in [0.29, 0.717) is 26.3 Å². The van der Waals surface area contributed by atoms with E-state index in [1.165, 1.54) is 24.3 Å². The Balaban J connectivity index is 1.92. The van der Waals surface area contributed by atoms with Crippen LogP contribution in [0.15, 0.2) is 42.5 Å². The van der Waals surface area contributed by atoms with Gasteiger partial charge in [-0.05, 0) is 49.4 Å². The van der Waals surface area contributed by atoms with E-state index in [4.69, 9.17) is 23.2 Å². The zero-order valence-electron chi connectivity index (χ0n) is 14.3. The van der Waals surface area contributed by atoms with Crippen molar-refractivity contribution in [3.05, 3.63) is 58.3 Å². The Morgan fingerprint density at radius 1 is 1.12 bits per heavy atom. The van der Waals surface area contributed by atoms with E-state index < -0.39 is 6.04 Å². The average Bonchev–Trinajstić information content (AvgIpc) is 2.59. The molecule has 2 atom stereocenters. The van der Waals surface area contributed by atoms with Crippen molar-refractivity contribution >= 4 is 46.4 Å². The molecule has 138 valence electrons. The third-order valence-electron chi connectivity index (χ3n) is 3.89. The normalized spacial score (nSPS) is 13.0. The lowest BCUT2D eigenvalue weighted by atomic mass is 10.2. The van der Waals surface area contributed by atoms with Crippen LogP contribution in [0.25, 0.3) is 0 Å². The molecule has 0 saturated carbocycles. The largest absolute Gasteiger partial charge is 0.321 e. The minimum atomic E-state index is -0.510. The van der Waals surface area contributed by atoms with Gasteiger partial charge in [0.05, 0.1) is 17.8 Å². The molecule has 0 aliphatic carbocycles. The lowest BCUT2D eigenvalue weighted by molar-refractivity contribution is -0.885. The Morgan fingerprint density at radius 2 is 1.77 bits per heavy atom. The van der Waals surface area contributed by atoms with Gasteiger partial charge in [-0.25, -0.2) is 4.39 Å². The molecule has 0 aliphatic heterocycles. The number of rotatable bonds is 6. The lowest BCUT2D eigenvalue weighted by Gasteiger charge is -2.21. The van der Waals surface area contributed by atoms with E-state index in [9.17, 15) is 14.0 Å². The first-order valence-corrected chi connectivity index (χ1v) is 8.65. The minimum Gasteiger partial charge on any atom is -0.321 e. The van der Waals surface area contributed by atoms with Crippen LogP contribution in [0.2, 0.25) is 10.0 Å². The van der Waals surface area contributed by atoms with Gasteiger partial charge in [0.15, 0.2) is 12.6 Å². The van der Waals surface area contributed by atoms with Gasteiger partial charge in [0.2, 0.25) is 0 Å². The maximum atomic E-state index is 12.9. The van der Waals surface area contributed by atoms with Crippen molar-refractivity contribution in [2.75, 3.05) is 24.2 Å². The third kappa shape index (κ3) is 5.69. The second-order valence-electron chi connectivity index (χ2n) is 5.91. The lowest BCUT2D eigenvalue weighted by Crippen LogP contribution is -3.14. The molecule has 0 heterocycles. The number of halogens is 3. The van der Waals surface area contributed by atoms with Crippen LogP contribution in [-0.4, -0.2) is 31.4 Å². The molecule has 0 spiro atoms. The average molecular weight is 399 g/mol. The number of carbonyl (C=O) groups excluding carboxylic acids is 2. The van der Waals surface area contributed by atoms with Crippen molar-refractivity contribution < 1.29 is 18.9 Å². The first kappa shape index (κ1) is 20.2. The van der Waals surface area contributed by atoms with Crippen molar-refractivity contribution in [3.8, 4) is 0 Å². The molecule has 0 aromatic heterocycles. The van der Waals surface area contributed by atoms with Gasteiger partial charge in [0, 0.05) is 10.7 Å². The van der Waals surface area contributed by atoms with E-state index in [-0.39, 0.29) is 24.2 Å². The summed E-state index contributed by atoms with van der Waals surface area (Å²) in [5.41, 5.74) is 0.909. The maximum absolute atomic E-state index is 12.9. The molecule has 0 aliphatic rings. The third-order valence-corrected chi connectivity index (χ3v) is 4.45. The number of carbonyl (C=O) groups is 2. The van der Waals surface area contributed by atoms with Crippen LogP contribution in [0.1, 0.15) is 6.92 Å². The van der Waals surface area contributed by atoms with Gasteiger partial charge in [-0.2, -0.15) is 0 Å². The van der Waals surface area contributed by atoms with Gasteiger partial charge >= 0.3 is 0 Å². The molecule has 8 heteroatoms. The fraction of sp³-hybridized carbons (Fsp3) is 0.222. The minimum absolute atomic E-state index is 0.0647. The van der Waals surface area contributed by atoms with Crippen molar-refractivity contribution in [1.29, 1.82) is 0 Å². The number of amides is 2. The molecule has 0 radical (unpaired) electrons. The van der Waals surface area contributed by atoms with Crippen LogP contribution in [0.4, 0.5) is 15.8 Å². The molecule has 1 unspecified atom stereocenters. The van der Waals surface area contributed by atoms with Gasteiger partial charge in [-0.3, -0.25) is 9.59 Å². The smallest absolute Gasteiger partial charge is 0.282 e. The molecule has 0 fully saturated rings. The first-order chi connectivity index (χ1) is 12.3. The highest BCUT2D eigenvalue weighted by atomic mass is 35.5. The van der Waals surface area contributed by atoms with Crippen molar-refractivity contribution in [1.82, 2.24) is 0 Å². The van der Waals surface area contributed by atoms with Gasteiger partial charge in [0.25, 0.3) is 11.8 Å². The highest BCUT2D eigenvalue weighted by Crippen LogP contribution is 2.25. The molecule has 2 amide bonds. The Morgan fingerprint density at radius 3 is 2.42 bits per heavy atom. The molecule has 2 rings (SSSR count). The summed E-state index contributed by atoms with van der Waals surface area (Å²) in [5, 5.41) is 6.21. The number of hydrogen-bond acceptors (Lipinski definition) is 2. The van der Waals surface area contributed by atoms with E-state index in [0.717, 1.165) is 0 Å². The van der Waals surface area contributed by atoms with Crippen molar-refractivity contribution in [2.24, 2.45) is 0 Å². The summed E-state index contributed by atoms with van der Waals surface area (Å²) in [5.74, 6) is -0.952. The molecule has 0 saturated heterocycles. The number of quaternary nitrogens is 1. The number of nitrogens with one attached hydrogen (secondary N) is 3. The molecule has 5 nitrogen and oxygen atoms in total. The Bertz CT molecular complexity index is 800. The number of hydrogen-bond donors (Lipinski definition) is 3. The summed E-state index contributed by atoms with van der Waals surface area (Å²) < 4.78 is 12.9. The number of benzene rings is 2. The summed E-state index contributed by atoms with van der Waals surface area (Å²) in [6.07, 6.45) is 0. The summed E-state index contributed by atoms with van der Waals surface area (Å²) in [4.78, 5) is 25.2. The van der Waals surface area contributed by atoms with Crippen LogP contribution >= 0.6 is 23.2 Å². The highest BCUT2D eigenvalue weighted by molar-refractivity contribution is 6.35. The summed E-state index contributed by atoms with van der Waals surface area (Å²) in [7, 11) is 1.73. The zero-order chi connectivity index (χ0) is 19.3. The van der Waals surface area contributed by atoms with Gasteiger partial charge in [-0.1, -0.05) is 23.2 Å². The standard InChI is InChI=1S/C18H18Cl2FN3O2/c1-11(18(26)23-16-9-12(19)3-8-15(16)20)24(2)10-17(25)22-14-6-4-13(21)5-7-14/h3-9,11H,10H2,1-2H3,(H,22,25)(H,23,26)/p+1/t11-/m1/s1. The van der Waals surface area contributed by atoms with Crippen LogP contribution in [0.3, 0.4) is 0 Å². The van der Waals surface area contributed by atoms with E-state index >= 15 is 0 Å². The molecule has 2 aromatic carbocycles. The van der Waals surface area contributed by atoms with Gasteiger partial charge in [-0.15, -0.1) is 0 Å². The van der Waals surface area contributed by atoms with Crippen LogP contribution in [0.5, 0.6) is 0 Å². The number of anilines is 2. The molecular weight excluding hydrogens is 380 g/mol. The molecule has 2 aromatic rings. The maximum Gasteiger partial charge on any atom is 0.282 e. The van der Waals surface area contributed by atoms with Crippen LogP contribution in [0, 0.1) is 5.82 Å². The number of likely N-dealkylation sites (N-methyl/N-ethyl adjacent to an activating group) is 1. The monoisotopic (exact) mass is 398 g/mol. The van der Waals surface area contributed by atoms with E-state index in [1.807, 2.05) is 0 Å². The Kier molecular flexibility index (Phi) is 6.97.